The lowest BCUT2D eigenvalue weighted by Crippen LogP contribution is -2.45. The van der Waals surface area contributed by atoms with Crippen LogP contribution in [0.15, 0.2) is 18.2 Å². The van der Waals surface area contributed by atoms with Gasteiger partial charge in [-0.3, -0.25) is 9.08 Å². The predicted molar refractivity (Wildman–Crippen MR) is 111 cm³/mol. The van der Waals surface area contributed by atoms with E-state index in [1.807, 2.05) is 0 Å². The predicted octanol–water partition coefficient (Wildman–Crippen LogP) is 1.68. The molecule has 2 saturated heterocycles. The number of rotatable bonds is 9. The average Bonchev–Trinajstić information content (AvgIpc) is 3.07. The van der Waals surface area contributed by atoms with E-state index in [4.69, 9.17) is 4.74 Å². The fourth-order valence-electron chi connectivity index (χ4n) is 3.54. The fourth-order valence-corrected chi connectivity index (χ4v) is 4.85. The van der Waals surface area contributed by atoms with E-state index in [1.165, 1.54) is 24.1 Å². The summed E-state index contributed by atoms with van der Waals surface area (Å²) >= 11 is -1.92. The SMILES string of the molecule is COOS(=O)CC1(F)CCN(c2ccc(N3C[C@H](COS(C)(=O)=O)OC3=O)cc2F)CC1. The van der Waals surface area contributed by atoms with Gasteiger partial charge in [0.1, 0.15) is 24.2 Å². The molecule has 0 bridgehead atoms. The maximum atomic E-state index is 14.9. The lowest BCUT2D eigenvalue weighted by molar-refractivity contribution is -0.167. The number of piperidine rings is 1. The molecule has 2 atom stereocenters. The summed E-state index contributed by atoms with van der Waals surface area (Å²) in [6.45, 7) is 0.0732. The number of cyclic esters (lactones) is 1. The summed E-state index contributed by atoms with van der Waals surface area (Å²) in [5.74, 6) is -0.944. The molecule has 2 aliphatic rings. The molecule has 14 heteroatoms. The van der Waals surface area contributed by atoms with Gasteiger partial charge in [-0.2, -0.15) is 8.42 Å². The molecule has 1 unspecified atom stereocenters. The van der Waals surface area contributed by atoms with E-state index in [0.29, 0.717) is 0 Å². The molecule has 1 amide bonds. The van der Waals surface area contributed by atoms with Crippen LogP contribution in [0.3, 0.4) is 0 Å². The molecule has 2 fully saturated rings. The maximum absolute atomic E-state index is 14.9. The number of anilines is 2. The van der Waals surface area contributed by atoms with Crippen molar-refractivity contribution in [3.63, 3.8) is 0 Å². The molecule has 0 N–H and O–H groups in total. The number of halogens is 2. The minimum Gasteiger partial charge on any atom is -0.441 e. The van der Waals surface area contributed by atoms with Gasteiger partial charge in [0.15, 0.2) is 11.1 Å². The first-order valence-corrected chi connectivity index (χ1v) is 12.7. The number of hydrogen-bond donors (Lipinski definition) is 0. The van der Waals surface area contributed by atoms with Crippen LogP contribution in [0.5, 0.6) is 0 Å². The number of carbonyl (C=O) groups excluding carboxylic acids is 1. The van der Waals surface area contributed by atoms with Gasteiger partial charge in [0.2, 0.25) is 0 Å². The van der Waals surface area contributed by atoms with Gasteiger partial charge in [0.25, 0.3) is 10.1 Å². The zero-order chi connectivity index (χ0) is 23.5. The van der Waals surface area contributed by atoms with Gasteiger partial charge in [-0.15, -0.1) is 4.33 Å². The highest BCUT2D eigenvalue weighted by Gasteiger charge is 2.38. The first-order valence-electron chi connectivity index (χ1n) is 9.65. The minimum absolute atomic E-state index is 0.00190. The summed E-state index contributed by atoms with van der Waals surface area (Å²) < 4.78 is 77.6. The number of hydrogen-bond acceptors (Lipinski definition) is 9. The molecular formula is C18H24F2N2O8S2. The van der Waals surface area contributed by atoms with E-state index in [2.05, 4.69) is 13.4 Å². The Bertz CT molecular complexity index is 970. The molecule has 3 rings (SSSR count). The molecule has 0 spiro atoms. The highest BCUT2D eigenvalue weighted by Crippen LogP contribution is 2.33. The van der Waals surface area contributed by atoms with Crippen LogP contribution in [-0.4, -0.2) is 75.9 Å². The highest BCUT2D eigenvalue weighted by molar-refractivity contribution is 7.86. The van der Waals surface area contributed by atoms with Crippen molar-refractivity contribution in [3.05, 3.63) is 24.0 Å². The van der Waals surface area contributed by atoms with Gasteiger partial charge in [-0.25, -0.2) is 22.7 Å². The van der Waals surface area contributed by atoms with Crippen molar-refractivity contribution in [2.24, 2.45) is 0 Å². The van der Waals surface area contributed by atoms with Crippen molar-refractivity contribution in [1.82, 2.24) is 0 Å². The molecule has 32 heavy (non-hydrogen) atoms. The van der Waals surface area contributed by atoms with E-state index < -0.39 is 44.9 Å². The standard InChI is InChI=1S/C18H24F2N2O8S2/c1-27-30-31(24)12-18(20)5-7-21(8-6-18)16-4-3-13(9-15(16)19)22-10-14(29-17(22)23)11-28-32(2,25)26/h3-4,9,14H,5-8,10-12H2,1-2H3/t14-,31?/m1/s1. The van der Waals surface area contributed by atoms with Crippen LogP contribution in [-0.2, 0) is 39.3 Å². The first-order chi connectivity index (χ1) is 15.0. The number of alkyl halides is 1. The summed E-state index contributed by atoms with van der Waals surface area (Å²) in [6, 6.07) is 4.17. The van der Waals surface area contributed by atoms with E-state index >= 15 is 0 Å². The van der Waals surface area contributed by atoms with Crippen LogP contribution in [0.25, 0.3) is 0 Å². The Kier molecular flexibility index (Phi) is 7.70. The van der Waals surface area contributed by atoms with Crippen molar-refractivity contribution >= 4 is 38.7 Å². The molecule has 1 aromatic rings. The number of carbonyl (C=O) groups is 1. The van der Waals surface area contributed by atoms with Crippen molar-refractivity contribution in [2.75, 3.05) is 55.2 Å². The summed E-state index contributed by atoms with van der Waals surface area (Å²) in [5, 5.41) is 0. The van der Waals surface area contributed by atoms with Crippen molar-refractivity contribution < 1.29 is 44.3 Å². The molecule has 0 aromatic heterocycles. The Labute approximate surface area is 187 Å². The van der Waals surface area contributed by atoms with Gasteiger partial charge >= 0.3 is 6.09 Å². The zero-order valence-electron chi connectivity index (χ0n) is 17.5. The average molecular weight is 499 g/mol. The molecule has 10 nitrogen and oxygen atoms in total. The molecule has 0 radical (unpaired) electrons. The van der Waals surface area contributed by atoms with Crippen LogP contribution >= 0.6 is 0 Å². The maximum Gasteiger partial charge on any atom is 0.414 e. The van der Waals surface area contributed by atoms with Crippen molar-refractivity contribution in [2.45, 2.75) is 24.6 Å². The first kappa shape index (κ1) is 24.8. The molecule has 1 aromatic carbocycles. The second-order valence-electron chi connectivity index (χ2n) is 7.56. The van der Waals surface area contributed by atoms with Gasteiger partial charge in [0.05, 0.1) is 37.0 Å². The largest absolute Gasteiger partial charge is 0.441 e. The van der Waals surface area contributed by atoms with E-state index in [-0.39, 0.29) is 56.2 Å². The summed E-state index contributed by atoms with van der Waals surface area (Å²) in [7, 11) is -2.50. The smallest absolute Gasteiger partial charge is 0.414 e. The second-order valence-corrected chi connectivity index (χ2v) is 10.2. The van der Waals surface area contributed by atoms with Crippen LogP contribution in [0.2, 0.25) is 0 Å². The Morgan fingerprint density at radius 2 is 2.00 bits per heavy atom. The lowest BCUT2D eigenvalue weighted by Gasteiger charge is -2.37. The van der Waals surface area contributed by atoms with Crippen LogP contribution < -0.4 is 9.80 Å². The zero-order valence-corrected chi connectivity index (χ0v) is 19.1. The normalized spacial score (nSPS) is 22.1. The van der Waals surface area contributed by atoms with E-state index in [0.717, 1.165) is 12.3 Å². The summed E-state index contributed by atoms with van der Waals surface area (Å²) in [6.07, 6.45) is -0.602. The highest BCUT2D eigenvalue weighted by atomic mass is 32.2. The number of benzene rings is 1. The summed E-state index contributed by atoms with van der Waals surface area (Å²) in [5.41, 5.74) is -1.23. The summed E-state index contributed by atoms with van der Waals surface area (Å²) in [4.78, 5) is 19.2. The third-order valence-corrected chi connectivity index (χ3v) is 6.71. The third kappa shape index (κ3) is 6.34. The number of nitrogens with zero attached hydrogens (tertiary/aromatic N) is 2. The Morgan fingerprint density at radius 1 is 1.31 bits per heavy atom. The second kappa shape index (κ2) is 9.95. The van der Waals surface area contributed by atoms with Gasteiger partial charge < -0.3 is 9.64 Å². The molecule has 2 heterocycles. The van der Waals surface area contributed by atoms with Crippen LogP contribution in [0, 0.1) is 5.82 Å². The van der Waals surface area contributed by atoms with Gasteiger partial charge in [0, 0.05) is 13.1 Å². The van der Waals surface area contributed by atoms with E-state index in [9.17, 15) is 26.2 Å². The van der Waals surface area contributed by atoms with Crippen molar-refractivity contribution in [1.29, 1.82) is 0 Å². The number of ether oxygens (including phenoxy) is 1. The van der Waals surface area contributed by atoms with Gasteiger partial charge in [-0.1, -0.05) is 0 Å². The molecule has 180 valence electrons. The molecule has 2 aliphatic heterocycles. The van der Waals surface area contributed by atoms with Crippen molar-refractivity contribution in [3.8, 4) is 0 Å². The van der Waals surface area contributed by atoms with E-state index in [1.54, 1.807) is 4.90 Å². The fraction of sp³-hybridized carbons (Fsp3) is 0.611. The van der Waals surface area contributed by atoms with Gasteiger partial charge in [-0.05, 0) is 31.0 Å². The molecular weight excluding hydrogens is 474 g/mol. The van der Waals surface area contributed by atoms with Crippen LogP contribution in [0.1, 0.15) is 12.8 Å². The Balaban J connectivity index is 1.61. The molecule has 0 aliphatic carbocycles. The topological polar surface area (TPSA) is 112 Å². The number of amides is 1. The third-order valence-electron chi connectivity index (χ3n) is 5.11. The quantitative estimate of drug-likeness (QED) is 0.285. The molecule has 0 saturated carbocycles. The Morgan fingerprint density at radius 3 is 2.59 bits per heavy atom. The lowest BCUT2D eigenvalue weighted by atomic mass is 9.95. The minimum atomic E-state index is -3.69. The monoisotopic (exact) mass is 498 g/mol. The Hall–Kier alpha value is -1.87. The van der Waals surface area contributed by atoms with Crippen LogP contribution in [0.4, 0.5) is 25.0 Å².